The van der Waals surface area contributed by atoms with Crippen LogP contribution in [0.15, 0.2) is 29.0 Å². The highest BCUT2D eigenvalue weighted by atomic mass is 31.1. The highest BCUT2D eigenvalue weighted by molar-refractivity contribution is 7.81. The number of hydrogen-bond donors (Lipinski definition) is 0. The number of hydrogen-bond acceptors (Lipinski definition) is 2. The summed E-state index contributed by atoms with van der Waals surface area (Å²) in [5, 5.41) is 0. The Hall–Kier alpha value is -0.930. The van der Waals surface area contributed by atoms with E-state index in [0.717, 1.165) is 36.2 Å². The Bertz CT molecular complexity index is 490. The highest BCUT2D eigenvalue weighted by Crippen LogP contribution is 2.59. The maximum Gasteiger partial charge on any atom is 0.416 e. The van der Waals surface area contributed by atoms with Crippen LogP contribution in [0, 0.1) is 0 Å². The lowest BCUT2D eigenvalue weighted by molar-refractivity contribution is -0.137. The summed E-state index contributed by atoms with van der Waals surface area (Å²) in [6, 6.07) is 5.35. The van der Waals surface area contributed by atoms with Crippen LogP contribution in [0.5, 0.6) is 0 Å². The smallest absolute Gasteiger partial charge is 0.259 e. The minimum atomic E-state index is -4.26. The van der Waals surface area contributed by atoms with E-state index in [1.165, 1.54) is 31.4 Å². The molecule has 1 saturated heterocycles. The zero-order valence-corrected chi connectivity index (χ0v) is 11.2. The summed E-state index contributed by atoms with van der Waals surface area (Å²) in [5.41, 5.74) is 1.23. The minimum absolute atomic E-state index is 0.552. The number of piperidine rings is 1. The first-order valence-electron chi connectivity index (χ1n) is 6.37. The van der Waals surface area contributed by atoms with Gasteiger partial charge in [0.05, 0.1) is 5.56 Å². The Morgan fingerprint density at radius 2 is 1.63 bits per heavy atom. The van der Waals surface area contributed by atoms with Gasteiger partial charge in [0.25, 0.3) is 0 Å². The zero-order chi connectivity index (χ0) is 13.5. The van der Waals surface area contributed by atoms with Crippen molar-refractivity contribution in [2.45, 2.75) is 25.4 Å². The summed E-state index contributed by atoms with van der Waals surface area (Å²) in [4.78, 5) is 0. The minimum Gasteiger partial charge on any atom is -0.259 e. The van der Waals surface area contributed by atoms with Gasteiger partial charge in [-0.2, -0.15) is 13.2 Å². The van der Waals surface area contributed by atoms with E-state index in [-0.39, 0.29) is 0 Å². The molecule has 102 valence electrons. The Morgan fingerprint density at radius 1 is 1.00 bits per heavy atom. The highest BCUT2D eigenvalue weighted by Gasteiger charge is 2.37. The molecule has 1 fully saturated rings. The number of nitrogens with zero attached hydrogens (tertiary/aromatic N) is 2. The van der Waals surface area contributed by atoms with Gasteiger partial charge in [-0.1, -0.05) is 18.6 Å². The van der Waals surface area contributed by atoms with E-state index in [0.29, 0.717) is 0 Å². The van der Waals surface area contributed by atoms with Gasteiger partial charge in [0.2, 0.25) is 0 Å². The lowest BCUT2D eigenvalue weighted by atomic mass is 10.1. The summed E-state index contributed by atoms with van der Waals surface area (Å²) in [5.74, 6) is 0. The quantitative estimate of drug-likeness (QED) is 0.741. The van der Waals surface area contributed by atoms with E-state index in [4.69, 9.17) is 0 Å². The summed E-state index contributed by atoms with van der Waals surface area (Å²) in [6.45, 7) is 2.14. The number of halogens is 3. The molecule has 2 aliphatic rings. The average Bonchev–Trinajstić information content (AvgIpc) is 3.19. The van der Waals surface area contributed by atoms with Crippen LogP contribution in [0.3, 0.4) is 0 Å². The fourth-order valence-corrected chi connectivity index (χ4v) is 4.12. The fraction of sp³-hybridized carbons (Fsp3) is 0.462. The molecule has 6 heteroatoms. The van der Waals surface area contributed by atoms with E-state index < -0.39 is 20.0 Å². The van der Waals surface area contributed by atoms with Crippen LogP contribution in [-0.4, -0.2) is 23.2 Å². The van der Waals surface area contributed by atoms with Crippen molar-refractivity contribution in [3.8, 4) is 0 Å². The second kappa shape index (κ2) is 4.88. The van der Waals surface area contributed by atoms with Crippen LogP contribution < -0.4 is 0 Å². The van der Waals surface area contributed by atoms with Crippen molar-refractivity contribution in [1.82, 2.24) is 4.67 Å². The summed E-state index contributed by atoms with van der Waals surface area (Å²) in [7, 11) is -0.552. The van der Waals surface area contributed by atoms with Gasteiger partial charge in [0.15, 0.2) is 0 Å². The van der Waals surface area contributed by atoms with Crippen molar-refractivity contribution < 1.29 is 13.2 Å². The first-order valence-corrected chi connectivity index (χ1v) is 7.62. The zero-order valence-electron chi connectivity index (χ0n) is 10.3. The van der Waals surface area contributed by atoms with Crippen molar-refractivity contribution in [3.05, 3.63) is 35.4 Å². The Labute approximate surface area is 111 Å². The largest absolute Gasteiger partial charge is 0.416 e. The van der Waals surface area contributed by atoms with Gasteiger partial charge in [-0.15, -0.1) is 0 Å². The van der Waals surface area contributed by atoms with Gasteiger partial charge in [-0.3, -0.25) is 4.67 Å². The second-order valence-corrected chi connectivity index (χ2v) is 6.57. The molecule has 19 heavy (non-hydrogen) atoms. The van der Waals surface area contributed by atoms with Gasteiger partial charge in [0.1, 0.15) is 13.7 Å². The van der Waals surface area contributed by atoms with Crippen LogP contribution in [-0.2, 0) is 6.18 Å². The fourth-order valence-electron chi connectivity index (χ4n) is 2.31. The molecule has 3 rings (SSSR count). The molecule has 2 nitrogen and oxygen atoms in total. The first kappa shape index (κ1) is 13.1. The average molecular weight is 286 g/mol. The third kappa shape index (κ3) is 2.82. The van der Waals surface area contributed by atoms with Gasteiger partial charge < -0.3 is 0 Å². The maximum atomic E-state index is 12.5. The molecule has 0 amide bonds. The molecule has 0 bridgehead atoms. The summed E-state index contributed by atoms with van der Waals surface area (Å²) >= 11 is 0. The number of benzene rings is 1. The van der Waals surface area contributed by atoms with E-state index >= 15 is 0 Å². The molecule has 1 aromatic carbocycles. The maximum absolute atomic E-state index is 12.5. The molecule has 0 aliphatic carbocycles. The topological polar surface area (TPSA) is 15.6 Å². The third-order valence-corrected chi connectivity index (χ3v) is 5.28. The van der Waals surface area contributed by atoms with Crippen molar-refractivity contribution in [2.75, 3.05) is 13.1 Å². The van der Waals surface area contributed by atoms with E-state index in [1.54, 1.807) is 0 Å². The molecule has 0 radical (unpaired) electrons. The molecule has 0 spiro atoms. The predicted molar refractivity (Wildman–Crippen MR) is 70.3 cm³/mol. The van der Waals surface area contributed by atoms with Crippen LogP contribution in [0.1, 0.15) is 30.4 Å². The van der Waals surface area contributed by atoms with Crippen molar-refractivity contribution in [2.24, 2.45) is 4.76 Å². The molecule has 2 heterocycles. The van der Waals surface area contributed by atoms with Gasteiger partial charge in [0, 0.05) is 18.7 Å². The van der Waals surface area contributed by atoms with Gasteiger partial charge >= 0.3 is 6.18 Å². The van der Waals surface area contributed by atoms with Crippen LogP contribution >= 0.6 is 8.22 Å². The van der Waals surface area contributed by atoms with E-state index in [9.17, 15) is 13.2 Å². The molecule has 0 aromatic heterocycles. The SMILES string of the molecule is FC(F)(F)c1ccc(C2=NP2N2CCCCC2)cc1. The third-order valence-electron chi connectivity index (χ3n) is 3.41. The van der Waals surface area contributed by atoms with Crippen molar-refractivity contribution in [1.29, 1.82) is 0 Å². The monoisotopic (exact) mass is 286 g/mol. The van der Waals surface area contributed by atoms with Crippen molar-refractivity contribution >= 4 is 13.7 Å². The van der Waals surface area contributed by atoms with Gasteiger partial charge in [-0.05, 0) is 25.0 Å². The van der Waals surface area contributed by atoms with Crippen LogP contribution in [0.2, 0.25) is 0 Å². The molecular weight excluding hydrogens is 272 g/mol. The van der Waals surface area contributed by atoms with Crippen LogP contribution in [0.4, 0.5) is 13.2 Å². The Kier molecular flexibility index (Phi) is 3.35. The molecule has 0 saturated carbocycles. The van der Waals surface area contributed by atoms with Crippen LogP contribution in [0.25, 0.3) is 0 Å². The Balaban J connectivity index is 1.66. The lowest BCUT2D eigenvalue weighted by Crippen LogP contribution is -2.23. The number of alkyl halides is 3. The molecular formula is C13H14F3N2P. The van der Waals surface area contributed by atoms with E-state index in [2.05, 4.69) is 9.43 Å². The number of rotatable bonds is 2. The second-order valence-electron chi connectivity index (χ2n) is 4.80. The lowest BCUT2D eigenvalue weighted by Gasteiger charge is -2.24. The summed E-state index contributed by atoms with van der Waals surface area (Å²) in [6.07, 6.45) is -0.583. The van der Waals surface area contributed by atoms with Gasteiger partial charge in [-0.25, -0.2) is 4.76 Å². The standard InChI is InChI=1S/C13H14F3N2P/c14-13(15,16)11-6-4-10(5-7-11)12-17-19(12)18-8-2-1-3-9-18/h4-7H,1-3,8-9H2. The van der Waals surface area contributed by atoms with Crippen molar-refractivity contribution in [3.63, 3.8) is 0 Å². The first-order chi connectivity index (χ1) is 9.05. The molecule has 1 atom stereocenters. The normalized spacial score (nSPS) is 24.2. The molecule has 1 unspecified atom stereocenters. The molecule has 2 aliphatic heterocycles. The Morgan fingerprint density at radius 3 is 2.21 bits per heavy atom. The molecule has 0 N–H and O–H groups in total. The molecule has 1 aromatic rings. The predicted octanol–water partition coefficient (Wildman–Crippen LogP) is 4.26. The van der Waals surface area contributed by atoms with E-state index in [1.807, 2.05) is 0 Å². The summed E-state index contributed by atoms with van der Waals surface area (Å²) < 4.78 is 44.2.